The minimum atomic E-state index is -0.420. The largest absolute Gasteiger partial charge is 0.444 e. The molecule has 1 aliphatic carbocycles. The van der Waals surface area contributed by atoms with Gasteiger partial charge in [0.25, 0.3) is 0 Å². The summed E-state index contributed by atoms with van der Waals surface area (Å²) in [4.78, 5) is 11.9. The van der Waals surface area contributed by atoms with Crippen LogP contribution in [0.4, 0.5) is 4.79 Å². The van der Waals surface area contributed by atoms with E-state index in [4.69, 9.17) is 4.74 Å². The van der Waals surface area contributed by atoms with E-state index >= 15 is 0 Å². The minimum absolute atomic E-state index is 0.0550. The van der Waals surface area contributed by atoms with E-state index < -0.39 is 5.60 Å². The van der Waals surface area contributed by atoms with Crippen molar-refractivity contribution < 1.29 is 9.53 Å². The second kappa shape index (κ2) is 4.48. The Morgan fingerprint density at radius 3 is 2.88 bits per heavy atom. The smallest absolute Gasteiger partial charge is 0.408 e. The first-order valence-electron chi connectivity index (χ1n) is 6.63. The van der Waals surface area contributed by atoms with Crippen LogP contribution in [0.2, 0.25) is 0 Å². The Morgan fingerprint density at radius 1 is 1.41 bits per heavy atom. The van der Waals surface area contributed by atoms with Crippen molar-refractivity contribution in [2.24, 2.45) is 5.92 Å². The number of alkyl carbamates (subject to hydrolysis) is 1. The van der Waals surface area contributed by atoms with E-state index in [1.165, 1.54) is 19.3 Å². The molecule has 2 fully saturated rings. The first-order chi connectivity index (χ1) is 7.91. The van der Waals surface area contributed by atoms with Gasteiger partial charge in [-0.1, -0.05) is 12.8 Å². The van der Waals surface area contributed by atoms with E-state index in [9.17, 15) is 4.79 Å². The zero-order valence-corrected chi connectivity index (χ0v) is 11.1. The van der Waals surface area contributed by atoms with E-state index in [0.717, 1.165) is 19.5 Å². The van der Waals surface area contributed by atoms with Crippen molar-refractivity contribution in [1.29, 1.82) is 0 Å². The topological polar surface area (TPSA) is 50.4 Å². The molecule has 1 saturated carbocycles. The quantitative estimate of drug-likeness (QED) is 0.737. The van der Waals surface area contributed by atoms with Crippen LogP contribution < -0.4 is 10.6 Å². The van der Waals surface area contributed by atoms with E-state index in [2.05, 4.69) is 10.6 Å². The van der Waals surface area contributed by atoms with Gasteiger partial charge in [0, 0.05) is 13.1 Å². The first-order valence-corrected chi connectivity index (χ1v) is 6.63. The Balaban J connectivity index is 1.98. The maximum absolute atomic E-state index is 11.9. The molecule has 17 heavy (non-hydrogen) atoms. The molecule has 0 bridgehead atoms. The second-order valence-electron chi connectivity index (χ2n) is 6.36. The highest BCUT2D eigenvalue weighted by Gasteiger charge is 2.45. The summed E-state index contributed by atoms with van der Waals surface area (Å²) >= 11 is 0. The molecule has 1 saturated heterocycles. The Labute approximate surface area is 103 Å². The predicted molar refractivity (Wildman–Crippen MR) is 66.9 cm³/mol. The number of carbonyl (C=O) groups is 1. The molecule has 98 valence electrons. The molecule has 2 aliphatic rings. The Morgan fingerprint density at radius 2 is 2.18 bits per heavy atom. The van der Waals surface area contributed by atoms with Gasteiger partial charge in [0.15, 0.2) is 0 Å². The molecule has 4 nitrogen and oxygen atoms in total. The fourth-order valence-corrected chi connectivity index (χ4v) is 3.03. The predicted octanol–water partition coefficient (Wildman–Crippen LogP) is 2.04. The fraction of sp³-hybridized carbons (Fsp3) is 0.923. The molecule has 4 heteroatoms. The summed E-state index contributed by atoms with van der Waals surface area (Å²) in [6.45, 7) is 7.60. The molecule has 0 aromatic heterocycles. The van der Waals surface area contributed by atoms with Crippen molar-refractivity contribution >= 4 is 6.09 Å². The molecule has 2 atom stereocenters. The molecular formula is C13H24N2O2. The van der Waals surface area contributed by atoms with Crippen LogP contribution in [-0.2, 0) is 4.74 Å². The van der Waals surface area contributed by atoms with Crippen LogP contribution in [-0.4, -0.2) is 30.3 Å². The van der Waals surface area contributed by atoms with Gasteiger partial charge in [0.05, 0.1) is 5.54 Å². The van der Waals surface area contributed by atoms with Gasteiger partial charge in [-0.25, -0.2) is 4.79 Å². The number of hydrogen-bond donors (Lipinski definition) is 2. The molecule has 1 heterocycles. The van der Waals surface area contributed by atoms with Crippen molar-refractivity contribution in [3.05, 3.63) is 0 Å². The van der Waals surface area contributed by atoms with E-state index in [1.807, 2.05) is 20.8 Å². The highest BCUT2D eigenvalue weighted by molar-refractivity contribution is 5.69. The molecule has 1 aliphatic heterocycles. The van der Waals surface area contributed by atoms with Crippen LogP contribution in [0.15, 0.2) is 0 Å². The van der Waals surface area contributed by atoms with Crippen molar-refractivity contribution in [2.75, 3.05) is 13.1 Å². The molecule has 2 N–H and O–H groups in total. The number of amides is 1. The molecule has 2 rings (SSSR count). The van der Waals surface area contributed by atoms with Crippen molar-refractivity contribution in [3.8, 4) is 0 Å². The number of ether oxygens (including phenoxy) is 1. The monoisotopic (exact) mass is 240 g/mol. The summed E-state index contributed by atoms with van der Waals surface area (Å²) in [5.74, 6) is 0.573. The highest BCUT2D eigenvalue weighted by atomic mass is 16.6. The van der Waals surface area contributed by atoms with Gasteiger partial charge >= 0.3 is 6.09 Å². The lowest BCUT2D eigenvalue weighted by atomic mass is 9.75. The Hall–Kier alpha value is -0.770. The summed E-state index contributed by atoms with van der Waals surface area (Å²) < 4.78 is 5.37. The number of carbonyl (C=O) groups excluding carboxylic acids is 1. The lowest BCUT2D eigenvalue weighted by Crippen LogP contribution is -2.56. The van der Waals surface area contributed by atoms with Crippen LogP contribution in [0.25, 0.3) is 0 Å². The molecule has 0 unspecified atom stereocenters. The molecular weight excluding hydrogens is 216 g/mol. The summed E-state index contributed by atoms with van der Waals surface area (Å²) in [6, 6.07) is 0. The molecule has 0 aromatic carbocycles. The number of fused-ring (bicyclic) bond motifs is 1. The Kier molecular flexibility index (Phi) is 3.34. The van der Waals surface area contributed by atoms with E-state index in [1.54, 1.807) is 0 Å². The maximum atomic E-state index is 11.9. The molecule has 0 aromatic rings. The zero-order chi connectivity index (χ0) is 12.5. The summed E-state index contributed by atoms with van der Waals surface area (Å²) in [6.07, 6.45) is 4.50. The van der Waals surface area contributed by atoms with E-state index in [0.29, 0.717) is 5.92 Å². The molecule has 1 amide bonds. The van der Waals surface area contributed by atoms with Crippen LogP contribution in [0, 0.1) is 5.92 Å². The highest BCUT2D eigenvalue weighted by Crippen LogP contribution is 2.36. The minimum Gasteiger partial charge on any atom is -0.444 e. The summed E-state index contributed by atoms with van der Waals surface area (Å²) in [7, 11) is 0. The lowest BCUT2D eigenvalue weighted by Gasteiger charge is -2.39. The number of nitrogens with one attached hydrogen (secondary N) is 2. The van der Waals surface area contributed by atoms with Gasteiger partial charge < -0.3 is 15.4 Å². The normalized spacial score (nSPS) is 33.0. The van der Waals surface area contributed by atoms with Crippen LogP contribution in [0.3, 0.4) is 0 Å². The third kappa shape index (κ3) is 2.92. The third-order valence-corrected chi connectivity index (χ3v) is 3.79. The van der Waals surface area contributed by atoms with Gasteiger partial charge in [-0.3, -0.25) is 0 Å². The second-order valence-corrected chi connectivity index (χ2v) is 6.36. The maximum Gasteiger partial charge on any atom is 0.408 e. The third-order valence-electron chi connectivity index (χ3n) is 3.79. The average Bonchev–Trinajstić information content (AvgIpc) is 2.57. The lowest BCUT2D eigenvalue weighted by molar-refractivity contribution is 0.0404. The standard InChI is InChI=1S/C13H24N2O2/c1-12(2,3)17-11(16)15-13-7-5-4-6-10(13)8-14-9-13/h10,14H,4-9H2,1-3H3,(H,15,16)/t10-,13+/m1/s1. The van der Waals surface area contributed by atoms with Gasteiger partial charge in [-0.05, 0) is 39.5 Å². The summed E-state index contributed by atoms with van der Waals surface area (Å²) in [5, 5.41) is 6.53. The fourth-order valence-electron chi connectivity index (χ4n) is 3.03. The van der Waals surface area contributed by atoms with Gasteiger partial charge in [-0.15, -0.1) is 0 Å². The van der Waals surface area contributed by atoms with Crippen LogP contribution in [0.1, 0.15) is 46.5 Å². The SMILES string of the molecule is CC(C)(C)OC(=O)N[C@]12CCCC[C@@H]1CNC2. The van der Waals surface area contributed by atoms with Crippen LogP contribution in [0.5, 0.6) is 0 Å². The zero-order valence-electron chi connectivity index (χ0n) is 11.1. The summed E-state index contributed by atoms with van der Waals surface area (Å²) in [5.41, 5.74) is -0.475. The van der Waals surface area contributed by atoms with Gasteiger partial charge in [0.2, 0.25) is 0 Å². The average molecular weight is 240 g/mol. The van der Waals surface area contributed by atoms with Crippen LogP contribution >= 0.6 is 0 Å². The van der Waals surface area contributed by atoms with Gasteiger partial charge in [0.1, 0.15) is 5.60 Å². The van der Waals surface area contributed by atoms with E-state index in [-0.39, 0.29) is 11.6 Å². The van der Waals surface area contributed by atoms with Crippen molar-refractivity contribution in [1.82, 2.24) is 10.6 Å². The van der Waals surface area contributed by atoms with Gasteiger partial charge in [-0.2, -0.15) is 0 Å². The molecule has 0 spiro atoms. The van der Waals surface area contributed by atoms with Crippen molar-refractivity contribution in [3.63, 3.8) is 0 Å². The first kappa shape index (κ1) is 12.7. The number of hydrogen-bond acceptors (Lipinski definition) is 3. The number of rotatable bonds is 1. The molecule has 0 radical (unpaired) electrons. The Bertz CT molecular complexity index is 298. The van der Waals surface area contributed by atoms with Crippen molar-refractivity contribution in [2.45, 2.75) is 57.6 Å².